The van der Waals surface area contributed by atoms with Crippen LogP contribution in [0.15, 0.2) is 18.2 Å². The number of rotatable bonds is 5. The van der Waals surface area contributed by atoms with E-state index in [1.54, 1.807) is 27.7 Å². The molecule has 0 saturated carbocycles. The van der Waals surface area contributed by atoms with E-state index in [-0.39, 0.29) is 36.4 Å². The molecule has 0 heterocycles. The first-order valence-electron chi connectivity index (χ1n) is 8.05. The number of nitro groups is 1. The van der Waals surface area contributed by atoms with Crippen LogP contribution in [0.2, 0.25) is 0 Å². The molecule has 26 heavy (non-hydrogen) atoms. The SMILES string of the molecule is CCOC(=O)c1ccc(C#CCCNC(=O)OC(C)(C)C)c([N+](=O)[O-])c1. The molecular weight excluding hydrogens is 340 g/mol. The van der Waals surface area contributed by atoms with Crippen LogP contribution in [-0.2, 0) is 9.47 Å². The first kappa shape index (κ1) is 21.0. The zero-order valence-corrected chi connectivity index (χ0v) is 15.3. The second kappa shape index (κ2) is 9.42. The molecule has 1 N–H and O–H groups in total. The summed E-state index contributed by atoms with van der Waals surface area (Å²) in [6.45, 7) is 7.34. The Morgan fingerprint density at radius 3 is 2.58 bits per heavy atom. The average molecular weight is 362 g/mol. The summed E-state index contributed by atoms with van der Waals surface area (Å²) in [7, 11) is 0. The van der Waals surface area contributed by atoms with Gasteiger partial charge in [0.05, 0.1) is 17.1 Å². The molecule has 0 saturated heterocycles. The minimum atomic E-state index is -0.628. The number of hydrogen-bond acceptors (Lipinski definition) is 6. The molecule has 1 rings (SSSR count). The van der Waals surface area contributed by atoms with E-state index in [9.17, 15) is 19.7 Å². The van der Waals surface area contributed by atoms with Crippen molar-refractivity contribution in [3.05, 3.63) is 39.4 Å². The molecule has 8 heteroatoms. The zero-order valence-electron chi connectivity index (χ0n) is 15.3. The van der Waals surface area contributed by atoms with Crippen molar-refractivity contribution >= 4 is 17.7 Å². The topological polar surface area (TPSA) is 108 Å². The van der Waals surface area contributed by atoms with E-state index in [0.29, 0.717) is 0 Å². The fraction of sp³-hybridized carbons (Fsp3) is 0.444. The highest BCUT2D eigenvalue weighted by Crippen LogP contribution is 2.20. The van der Waals surface area contributed by atoms with Crippen LogP contribution < -0.4 is 5.32 Å². The van der Waals surface area contributed by atoms with Gasteiger partial charge < -0.3 is 14.8 Å². The molecular formula is C18H22N2O6. The third-order valence-electron chi connectivity index (χ3n) is 2.85. The summed E-state index contributed by atoms with van der Waals surface area (Å²) in [5, 5.41) is 13.7. The number of benzene rings is 1. The molecule has 0 aromatic heterocycles. The van der Waals surface area contributed by atoms with Crippen LogP contribution in [0, 0.1) is 22.0 Å². The summed E-state index contributed by atoms with van der Waals surface area (Å²) in [5.41, 5.74) is -0.587. The summed E-state index contributed by atoms with van der Waals surface area (Å²) < 4.78 is 9.90. The first-order chi connectivity index (χ1) is 12.1. The minimum Gasteiger partial charge on any atom is -0.462 e. The lowest BCUT2D eigenvalue weighted by molar-refractivity contribution is -0.385. The number of carbonyl (C=O) groups excluding carboxylic acids is 2. The number of amides is 1. The Morgan fingerprint density at radius 2 is 2.00 bits per heavy atom. The molecule has 0 fully saturated rings. The lowest BCUT2D eigenvalue weighted by Crippen LogP contribution is -2.32. The summed E-state index contributed by atoms with van der Waals surface area (Å²) >= 11 is 0. The molecule has 0 radical (unpaired) electrons. The van der Waals surface area contributed by atoms with Gasteiger partial charge in [-0.25, -0.2) is 9.59 Å². The Labute approximate surface area is 152 Å². The van der Waals surface area contributed by atoms with E-state index in [4.69, 9.17) is 9.47 Å². The zero-order chi connectivity index (χ0) is 19.7. The summed E-state index contributed by atoms with van der Waals surface area (Å²) in [6.07, 6.45) is -0.264. The van der Waals surface area contributed by atoms with Crippen molar-refractivity contribution in [2.45, 2.75) is 39.7 Å². The van der Waals surface area contributed by atoms with Gasteiger partial charge in [0, 0.05) is 19.0 Å². The van der Waals surface area contributed by atoms with Crippen molar-refractivity contribution in [3.8, 4) is 11.8 Å². The van der Waals surface area contributed by atoms with E-state index in [1.807, 2.05) is 0 Å². The summed E-state index contributed by atoms with van der Waals surface area (Å²) in [6, 6.07) is 3.97. The van der Waals surface area contributed by atoms with Gasteiger partial charge in [-0.2, -0.15) is 0 Å². The van der Waals surface area contributed by atoms with E-state index in [0.717, 1.165) is 6.07 Å². The molecule has 0 unspecified atom stereocenters. The highest BCUT2D eigenvalue weighted by molar-refractivity contribution is 5.90. The number of nitro benzene ring substituents is 1. The van der Waals surface area contributed by atoms with Crippen LogP contribution in [0.5, 0.6) is 0 Å². The molecule has 140 valence electrons. The lowest BCUT2D eigenvalue weighted by Gasteiger charge is -2.19. The normalized spacial score (nSPS) is 10.3. The Bertz CT molecular complexity index is 740. The summed E-state index contributed by atoms with van der Waals surface area (Å²) in [4.78, 5) is 33.7. The van der Waals surface area contributed by atoms with Gasteiger partial charge in [-0.05, 0) is 39.8 Å². The van der Waals surface area contributed by atoms with Crippen LogP contribution in [0.1, 0.15) is 50.0 Å². The molecule has 1 aromatic carbocycles. The predicted octanol–water partition coefficient (Wildman–Crippen LogP) is 3.04. The molecule has 1 aromatic rings. The first-order valence-corrected chi connectivity index (χ1v) is 8.05. The number of nitrogens with zero attached hydrogens (tertiary/aromatic N) is 1. The summed E-state index contributed by atoms with van der Waals surface area (Å²) in [5.74, 6) is 4.80. The molecule has 8 nitrogen and oxygen atoms in total. The van der Waals surface area contributed by atoms with Crippen LogP contribution in [0.3, 0.4) is 0 Å². The molecule has 0 bridgehead atoms. The maximum absolute atomic E-state index is 11.7. The van der Waals surface area contributed by atoms with Gasteiger partial charge in [-0.15, -0.1) is 0 Å². The van der Waals surface area contributed by atoms with Gasteiger partial charge >= 0.3 is 12.1 Å². The quantitative estimate of drug-likeness (QED) is 0.284. The molecule has 0 atom stereocenters. The van der Waals surface area contributed by atoms with Crippen molar-refractivity contribution in [1.29, 1.82) is 0 Å². The molecule has 1 amide bonds. The van der Waals surface area contributed by atoms with Crippen molar-refractivity contribution in [3.63, 3.8) is 0 Å². The average Bonchev–Trinajstić information content (AvgIpc) is 2.53. The van der Waals surface area contributed by atoms with Gasteiger partial charge in [0.2, 0.25) is 0 Å². The molecule has 0 aliphatic rings. The van der Waals surface area contributed by atoms with Crippen molar-refractivity contribution < 1.29 is 24.0 Å². The monoisotopic (exact) mass is 362 g/mol. The second-order valence-electron chi connectivity index (χ2n) is 6.19. The van der Waals surface area contributed by atoms with Crippen molar-refractivity contribution in [2.24, 2.45) is 0 Å². The van der Waals surface area contributed by atoms with Gasteiger partial charge in [-0.3, -0.25) is 10.1 Å². The standard InChI is InChI=1S/C18H22N2O6/c1-5-25-16(21)14-10-9-13(15(12-14)20(23)24)8-6-7-11-19-17(22)26-18(2,3)4/h9-10,12H,5,7,11H2,1-4H3,(H,19,22). The van der Waals surface area contributed by atoms with Gasteiger partial charge in [0.1, 0.15) is 11.2 Å². The fourth-order valence-corrected chi connectivity index (χ4v) is 1.83. The lowest BCUT2D eigenvalue weighted by atomic mass is 10.1. The molecule has 0 aliphatic heterocycles. The van der Waals surface area contributed by atoms with Gasteiger partial charge in [0.15, 0.2) is 0 Å². The largest absolute Gasteiger partial charge is 0.462 e. The number of hydrogen-bond donors (Lipinski definition) is 1. The Kier molecular flexibility index (Phi) is 7.59. The van der Waals surface area contributed by atoms with E-state index >= 15 is 0 Å². The Balaban J connectivity index is 2.73. The number of carbonyl (C=O) groups is 2. The number of alkyl carbamates (subject to hydrolysis) is 1. The maximum Gasteiger partial charge on any atom is 0.407 e. The Hall–Kier alpha value is -3.08. The van der Waals surface area contributed by atoms with E-state index in [1.165, 1.54) is 12.1 Å². The van der Waals surface area contributed by atoms with Crippen LogP contribution in [0.4, 0.5) is 10.5 Å². The molecule has 0 aliphatic carbocycles. The number of nitrogens with one attached hydrogen (secondary N) is 1. The fourth-order valence-electron chi connectivity index (χ4n) is 1.83. The smallest absolute Gasteiger partial charge is 0.407 e. The van der Waals surface area contributed by atoms with E-state index < -0.39 is 22.6 Å². The molecule has 0 spiro atoms. The van der Waals surface area contributed by atoms with Crippen LogP contribution in [-0.4, -0.2) is 35.7 Å². The second-order valence-corrected chi connectivity index (χ2v) is 6.19. The van der Waals surface area contributed by atoms with Gasteiger partial charge in [-0.1, -0.05) is 11.8 Å². The minimum absolute atomic E-state index is 0.0932. The van der Waals surface area contributed by atoms with Crippen molar-refractivity contribution in [2.75, 3.05) is 13.2 Å². The van der Waals surface area contributed by atoms with Crippen molar-refractivity contribution in [1.82, 2.24) is 5.32 Å². The van der Waals surface area contributed by atoms with E-state index in [2.05, 4.69) is 17.2 Å². The highest BCUT2D eigenvalue weighted by atomic mass is 16.6. The van der Waals surface area contributed by atoms with Gasteiger partial charge in [0.25, 0.3) is 5.69 Å². The number of esters is 1. The third-order valence-corrected chi connectivity index (χ3v) is 2.85. The maximum atomic E-state index is 11.7. The van der Waals surface area contributed by atoms with Crippen LogP contribution >= 0.6 is 0 Å². The van der Waals surface area contributed by atoms with Crippen LogP contribution in [0.25, 0.3) is 0 Å². The third kappa shape index (κ3) is 7.21. The number of ether oxygens (including phenoxy) is 2. The highest BCUT2D eigenvalue weighted by Gasteiger charge is 2.17. The predicted molar refractivity (Wildman–Crippen MR) is 94.8 cm³/mol. The Morgan fingerprint density at radius 1 is 1.31 bits per heavy atom.